The summed E-state index contributed by atoms with van der Waals surface area (Å²) in [4.78, 5) is 0. The number of ether oxygens (including phenoxy) is 2. The number of hydrogen-bond acceptors (Lipinski definition) is 3. The van der Waals surface area contributed by atoms with Crippen molar-refractivity contribution >= 4 is 23.2 Å². The van der Waals surface area contributed by atoms with Crippen molar-refractivity contribution in [3.63, 3.8) is 0 Å². The van der Waals surface area contributed by atoms with Crippen LogP contribution in [-0.2, 0) is 13.1 Å². The fourth-order valence-electron chi connectivity index (χ4n) is 2.14. The van der Waals surface area contributed by atoms with Gasteiger partial charge in [0.25, 0.3) is 0 Å². The molecule has 0 fully saturated rings. The third-order valence-electron chi connectivity index (χ3n) is 3.18. The Morgan fingerprint density at radius 2 is 1.74 bits per heavy atom. The van der Waals surface area contributed by atoms with Gasteiger partial charge in [-0.2, -0.15) is 0 Å². The van der Waals surface area contributed by atoms with Crippen LogP contribution in [0.1, 0.15) is 18.1 Å². The largest absolute Gasteiger partial charge is 1.00 e. The minimum absolute atomic E-state index is 0. The Labute approximate surface area is 153 Å². The molecule has 0 spiro atoms. The van der Waals surface area contributed by atoms with Crippen molar-refractivity contribution in [3.05, 3.63) is 57.6 Å². The lowest BCUT2D eigenvalue weighted by atomic mass is 10.1. The fourth-order valence-corrected chi connectivity index (χ4v) is 2.73. The number of halogens is 3. The van der Waals surface area contributed by atoms with Crippen LogP contribution in [0.2, 0.25) is 10.0 Å². The summed E-state index contributed by atoms with van der Waals surface area (Å²) >= 11 is 12.3. The summed E-state index contributed by atoms with van der Waals surface area (Å²) < 4.78 is 10.8. The first-order chi connectivity index (χ1) is 10.6. The van der Waals surface area contributed by atoms with Gasteiger partial charge in [-0.1, -0.05) is 35.3 Å². The van der Waals surface area contributed by atoms with Crippen LogP contribution >= 0.6 is 23.2 Å². The van der Waals surface area contributed by atoms with Gasteiger partial charge in [0.1, 0.15) is 11.5 Å². The molecule has 2 rings (SSSR count). The van der Waals surface area contributed by atoms with Crippen molar-refractivity contribution in [2.24, 2.45) is 0 Å². The number of methoxy groups -OCH3 is 1. The first kappa shape index (κ1) is 19.9. The van der Waals surface area contributed by atoms with Crippen molar-refractivity contribution < 1.29 is 21.9 Å². The summed E-state index contributed by atoms with van der Waals surface area (Å²) in [6.07, 6.45) is 0. The Kier molecular flexibility index (Phi) is 8.56. The number of benzene rings is 2. The monoisotopic (exact) mass is 374 g/mol. The zero-order valence-electron chi connectivity index (χ0n) is 13.0. The van der Waals surface area contributed by atoms with Gasteiger partial charge in [0.05, 0.1) is 18.7 Å². The number of hydrogen-bond donors (Lipinski definition) is 1. The molecule has 0 aliphatic carbocycles. The molecule has 0 unspecified atom stereocenters. The second-order valence-corrected chi connectivity index (χ2v) is 5.60. The van der Waals surface area contributed by atoms with E-state index >= 15 is 0 Å². The van der Waals surface area contributed by atoms with E-state index in [1.807, 2.05) is 37.3 Å². The molecule has 0 saturated heterocycles. The molecule has 0 aliphatic heterocycles. The minimum Gasteiger partial charge on any atom is -1.00 e. The van der Waals surface area contributed by atoms with Crippen molar-refractivity contribution in [2.45, 2.75) is 20.0 Å². The average molecular weight is 376 g/mol. The number of nitrogens with one attached hydrogen (secondary N) is 1. The van der Waals surface area contributed by atoms with E-state index in [-0.39, 0.29) is 12.4 Å². The molecular formula is C17H19Cl3NO2-. The van der Waals surface area contributed by atoms with Crippen molar-refractivity contribution in [1.82, 2.24) is 5.32 Å². The lowest BCUT2D eigenvalue weighted by molar-refractivity contribution is -0.00000516. The van der Waals surface area contributed by atoms with Crippen molar-refractivity contribution in [2.75, 3.05) is 13.7 Å². The maximum atomic E-state index is 6.19. The van der Waals surface area contributed by atoms with E-state index in [9.17, 15) is 0 Å². The molecule has 0 heterocycles. The van der Waals surface area contributed by atoms with Gasteiger partial charge in [0.2, 0.25) is 0 Å². The molecule has 3 nitrogen and oxygen atoms in total. The summed E-state index contributed by atoms with van der Waals surface area (Å²) in [7, 11) is 1.66. The second-order valence-electron chi connectivity index (χ2n) is 4.76. The Bertz CT molecular complexity index is 618. The Balaban J connectivity index is 0.00000264. The molecule has 0 radical (unpaired) electrons. The molecule has 126 valence electrons. The van der Waals surface area contributed by atoms with Crippen molar-refractivity contribution in [1.29, 1.82) is 0 Å². The van der Waals surface area contributed by atoms with Crippen molar-refractivity contribution in [3.8, 4) is 11.5 Å². The van der Waals surface area contributed by atoms with E-state index in [1.54, 1.807) is 13.2 Å². The Hall–Kier alpha value is -1.13. The van der Waals surface area contributed by atoms with E-state index in [0.717, 1.165) is 17.9 Å². The first-order valence-corrected chi connectivity index (χ1v) is 7.84. The normalized spacial score (nSPS) is 10.1. The van der Waals surface area contributed by atoms with Crippen LogP contribution in [0.3, 0.4) is 0 Å². The van der Waals surface area contributed by atoms with Crippen LogP contribution in [0, 0.1) is 0 Å². The van der Waals surface area contributed by atoms with Gasteiger partial charge < -0.3 is 27.2 Å². The molecule has 2 aromatic rings. The molecule has 0 amide bonds. The summed E-state index contributed by atoms with van der Waals surface area (Å²) in [5.74, 6) is 1.54. The highest BCUT2D eigenvalue weighted by atomic mass is 35.5. The molecule has 2 aromatic carbocycles. The quantitative estimate of drug-likeness (QED) is 0.799. The highest BCUT2D eigenvalue weighted by Gasteiger charge is 2.10. The third kappa shape index (κ3) is 5.78. The second kappa shape index (κ2) is 9.89. The SMILES string of the molecule is CCOc1c(Cl)cc(Cl)cc1CNCc1ccc(OC)cc1.[Cl-]. The molecular weight excluding hydrogens is 357 g/mol. The molecule has 6 heteroatoms. The third-order valence-corrected chi connectivity index (χ3v) is 3.68. The van der Waals surface area contributed by atoms with E-state index in [4.69, 9.17) is 32.7 Å². The van der Waals surface area contributed by atoms with Gasteiger partial charge in [-0.25, -0.2) is 0 Å². The zero-order chi connectivity index (χ0) is 15.9. The summed E-state index contributed by atoms with van der Waals surface area (Å²) in [5, 5.41) is 4.51. The molecule has 0 atom stereocenters. The smallest absolute Gasteiger partial charge is 0.142 e. The van der Waals surface area contributed by atoms with Crippen LogP contribution < -0.4 is 27.2 Å². The maximum Gasteiger partial charge on any atom is 0.142 e. The van der Waals surface area contributed by atoms with Crippen LogP contribution in [0.15, 0.2) is 36.4 Å². The van der Waals surface area contributed by atoms with E-state index < -0.39 is 0 Å². The van der Waals surface area contributed by atoms with E-state index in [1.165, 1.54) is 5.56 Å². The predicted octanol–water partition coefficient (Wildman–Crippen LogP) is 1.69. The van der Waals surface area contributed by atoms with Crippen LogP contribution in [0.5, 0.6) is 11.5 Å². The maximum absolute atomic E-state index is 6.19. The molecule has 1 N–H and O–H groups in total. The summed E-state index contributed by atoms with van der Waals surface area (Å²) in [6.45, 7) is 3.85. The van der Waals surface area contributed by atoms with Gasteiger partial charge >= 0.3 is 0 Å². The molecule has 0 saturated carbocycles. The summed E-state index contributed by atoms with van der Waals surface area (Å²) in [5.41, 5.74) is 2.12. The number of rotatable bonds is 7. The van der Waals surface area contributed by atoms with Gasteiger partial charge in [0, 0.05) is 23.7 Å². The highest BCUT2D eigenvalue weighted by Crippen LogP contribution is 2.32. The highest BCUT2D eigenvalue weighted by molar-refractivity contribution is 6.35. The Morgan fingerprint density at radius 3 is 2.35 bits per heavy atom. The molecule has 0 aliphatic rings. The van der Waals surface area contributed by atoms with E-state index in [0.29, 0.717) is 28.9 Å². The van der Waals surface area contributed by atoms with Gasteiger partial charge in [-0.3, -0.25) is 0 Å². The average Bonchev–Trinajstić information content (AvgIpc) is 2.51. The first-order valence-electron chi connectivity index (χ1n) is 7.08. The molecule has 0 bridgehead atoms. The molecule has 0 aromatic heterocycles. The van der Waals surface area contributed by atoms with Crippen LogP contribution in [0.4, 0.5) is 0 Å². The van der Waals surface area contributed by atoms with Gasteiger partial charge in [-0.15, -0.1) is 0 Å². The Morgan fingerprint density at radius 1 is 1.04 bits per heavy atom. The standard InChI is InChI=1S/C17H19Cl2NO2.ClH/c1-3-22-17-13(8-14(18)9-16(17)19)11-20-10-12-4-6-15(21-2)7-5-12;/h4-9,20H,3,10-11H2,1-2H3;1H/p-1. The predicted molar refractivity (Wildman–Crippen MR) is 91.2 cm³/mol. The lowest BCUT2D eigenvalue weighted by Crippen LogP contribution is -3.00. The van der Waals surface area contributed by atoms with E-state index in [2.05, 4.69) is 5.32 Å². The molecule has 23 heavy (non-hydrogen) atoms. The lowest BCUT2D eigenvalue weighted by Gasteiger charge is -2.13. The fraction of sp³-hybridized carbons (Fsp3) is 0.294. The minimum atomic E-state index is 0. The van der Waals surface area contributed by atoms with Gasteiger partial charge in [0.15, 0.2) is 0 Å². The van der Waals surface area contributed by atoms with Crippen LogP contribution in [0.25, 0.3) is 0 Å². The zero-order valence-corrected chi connectivity index (χ0v) is 15.3. The van der Waals surface area contributed by atoms with Gasteiger partial charge in [-0.05, 0) is 36.8 Å². The van der Waals surface area contributed by atoms with Crippen LogP contribution in [-0.4, -0.2) is 13.7 Å². The summed E-state index contributed by atoms with van der Waals surface area (Å²) in [6, 6.07) is 11.5. The topological polar surface area (TPSA) is 30.5 Å².